The summed E-state index contributed by atoms with van der Waals surface area (Å²) in [5, 5.41) is 2.95. The Kier molecular flexibility index (Phi) is 4.75. The van der Waals surface area contributed by atoms with Crippen LogP contribution in [0.4, 0.5) is 0 Å². The average Bonchev–Trinajstić information content (AvgIpc) is 2.87. The summed E-state index contributed by atoms with van der Waals surface area (Å²) in [6.45, 7) is 2.61. The van der Waals surface area contributed by atoms with Gasteiger partial charge in [0, 0.05) is 19.8 Å². The SMILES string of the molecule is Cc1ccc([C@@H](CNC(=O)c2cn(C)cn2)N(C)C)cc1. The van der Waals surface area contributed by atoms with Crippen molar-refractivity contribution in [3.05, 3.63) is 53.6 Å². The smallest absolute Gasteiger partial charge is 0.271 e. The van der Waals surface area contributed by atoms with E-state index < -0.39 is 0 Å². The second kappa shape index (κ2) is 6.54. The molecule has 0 bridgehead atoms. The van der Waals surface area contributed by atoms with E-state index in [-0.39, 0.29) is 11.9 Å². The van der Waals surface area contributed by atoms with Crippen LogP contribution in [0.15, 0.2) is 36.8 Å². The summed E-state index contributed by atoms with van der Waals surface area (Å²) in [7, 11) is 5.87. The number of aryl methyl sites for hydroxylation is 2. The quantitative estimate of drug-likeness (QED) is 0.911. The van der Waals surface area contributed by atoms with E-state index in [4.69, 9.17) is 0 Å². The van der Waals surface area contributed by atoms with Gasteiger partial charge < -0.3 is 14.8 Å². The molecular formula is C16H22N4O. The summed E-state index contributed by atoms with van der Waals surface area (Å²) in [4.78, 5) is 18.2. The first kappa shape index (κ1) is 15.3. The second-order valence-electron chi connectivity index (χ2n) is 5.52. The third kappa shape index (κ3) is 3.92. The number of rotatable bonds is 5. The molecule has 1 atom stereocenters. The zero-order chi connectivity index (χ0) is 15.4. The van der Waals surface area contributed by atoms with Gasteiger partial charge >= 0.3 is 0 Å². The predicted molar refractivity (Wildman–Crippen MR) is 83.1 cm³/mol. The maximum Gasteiger partial charge on any atom is 0.271 e. The highest BCUT2D eigenvalue weighted by Gasteiger charge is 2.16. The molecule has 0 saturated carbocycles. The Morgan fingerprint density at radius 3 is 2.52 bits per heavy atom. The van der Waals surface area contributed by atoms with Crippen LogP contribution in [0.3, 0.4) is 0 Å². The van der Waals surface area contributed by atoms with Crippen molar-refractivity contribution in [2.45, 2.75) is 13.0 Å². The van der Waals surface area contributed by atoms with Crippen molar-refractivity contribution in [2.24, 2.45) is 7.05 Å². The largest absolute Gasteiger partial charge is 0.349 e. The Labute approximate surface area is 125 Å². The van der Waals surface area contributed by atoms with E-state index in [0.29, 0.717) is 12.2 Å². The number of aromatic nitrogens is 2. The minimum Gasteiger partial charge on any atom is -0.349 e. The third-order valence-corrected chi connectivity index (χ3v) is 3.48. The highest BCUT2D eigenvalue weighted by molar-refractivity contribution is 5.92. The van der Waals surface area contributed by atoms with Crippen molar-refractivity contribution in [1.82, 2.24) is 19.8 Å². The summed E-state index contributed by atoms with van der Waals surface area (Å²) >= 11 is 0. The van der Waals surface area contributed by atoms with Gasteiger partial charge in [0.1, 0.15) is 5.69 Å². The van der Waals surface area contributed by atoms with Crippen molar-refractivity contribution in [3.63, 3.8) is 0 Å². The van der Waals surface area contributed by atoms with Crippen LogP contribution in [0.2, 0.25) is 0 Å². The molecule has 0 aliphatic rings. The Morgan fingerprint density at radius 2 is 2.00 bits per heavy atom. The zero-order valence-electron chi connectivity index (χ0n) is 13.0. The van der Waals surface area contributed by atoms with E-state index in [2.05, 4.69) is 46.4 Å². The number of nitrogens with one attached hydrogen (secondary N) is 1. The molecule has 2 aromatic rings. The minimum absolute atomic E-state index is 0.137. The van der Waals surface area contributed by atoms with Crippen molar-refractivity contribution in [3.8, 4) is 0 Å². The molecule has 21 heavy (non-hydrogen) atoms. The molecule has 0 unspecified atom stereocenters. The monoisotopic (exact) mass is 286 g/mol. The molecule has 1 heterocycles. The van der Waals surface area contributed by atoms with Crippen molar-refractivity contribution in [1.29, 1.82) is 0 Å². The lowest BCUT2D eigenvalue weighted by Crippen LogP contribution is -2.34. The number of hydrogen-bond acceptors (Lipinski definition) is 3. The van der Waals surface area contributed by atoms with Crippen LogP contribution in [0.5, 0.6) is 0 Å². The van der Waals surface area contributed by atoms with E-state index >= 15 is 0 Å². The molecule has 5 heteroatoms. The van der Waals surface area contributed by atoms with Gasteiger partial charge in [-0.25, -0.2) is 4.98 Å². The molecule has 1 N–H and O–H groups in total. The molecule has 0 aliphatic heterocycles. The number of imidazole rings is 1. The van der Waals surface area contributed by atoms with Gasteiger partial charge in [0.05, 0.1) is 12.4 Å². The number of amides is 1. The molecule has 1 aromatic carbocycles. The highest BCUT2D eigenvalue weighted by atomic mass is 16.1. The van der Waals surface area contributed by atoms with Crippen LogP contribution in [0.25, 0.3) is 0 Å². The lowest BCUT2D eigenvalue weighted by atomic mass is 10.0. The lowest BCUT2D eigenvalue weighted by Gasteiger charge is -2.25. The topological polar surface area (TPSA) is 50.2 Å². The van der Waals surface area contributed by atoms with Gasteiger partial charge in [0.2, 0.25) is 0 Å². The molecule has 1 amide bonds. The number of likely N-dealkylation sites (N-methyl/N-ethyl adjacent to an activating group) is 1. The van der Waals surface area contributed by atoms with Gasteiger partial charge in [0.15, 0.2) is 0 Å². The number of carbonyl (C=O) groups excluding carboxylic acids is 1. The van der Waals surface area contributed by atoms with Crippen LogP contribution in [-0.2, 0) is 7.05 Å². The number of nitrogens with zero attached hydrogens (tertiary/aromatic N) is 3. The van der Waals surface area contributed by atoms with E-state index in [1.54, 1.807) is 17.1 Å². The zero-order valence-corrected chi connectivity index (χ0v) is 13.0. The fraction of sp³-hybridized carbons (Fsp3) is 0.375. The Morgan fingerprint density at radius 1 is 1.33 bits per heavy atom. The first-order chi connectivity index (χ1) is 9.97. The molecule has 0 spiro atoms. The van der Waals surface area contributed by atoms with Crippen LogP contribution >= 0.6 is 0 Å². The van der Waals surface area contributed by atoms with Gasteiger partial charge in [-0.3, -0.25) is 4.79 Å². The molecule has 112 valence electrons. The molecule has 0 radical (unpaired) electrons. The van der Waals surface area contributed by atoms with Crippen LogP contribution in [0, 0.1) is 6.92 Å². The molecule has 0 fully saturated rings. The molecule has 1 aromatic heterocycles. The van der Waals surface area contributed by atoms with Crippen molar-refractivity contribution in [2.75, 3.05) is 20.6 Å². The van der Waals surface area contributed by atoms with Crippen LogP contribution in [-0.4, -0.2) is 41.0 Å². The standard InChI is InChI=1S/C16H22N4O/c1-12-5-7-13(8-6-12)15(19(2)3)9-17-16(21)14-10-20(4)11-18-14/h5-8,10-11,15H,9H2,1-4H3,(H,17,21)/t15-/m1/s1. The van der Waals surface area contributed by atoms with Gasteiger partial charge in [-0.1, -0.05) is 29.8 Å². The predicted octanol–water partition coefficient (Wildman–Crippen LogP) is 1.76. The van der Waals surface area contributed by atoms with E-state index in [0.717, 1.165) is 0 Å². The Bertz CT molecular complexity index is 601. The Balaban J connectivity index is 2.03. The van der Waals surface area contributed by atoms with Crippen LogP contribution in [0.1, 0.15) is 27.7 Å². The summed E-state index contributed by atoms with van der Waals surface area (Å²) in [5.74, 6) is -0.144. The van der Waals surface area contributed by atoms with Crippen LogP contribution < -0.4 is 5.32 Å². The number of carbonyl (C=O) groups is 1. The average molecular weight is 286 g/mol. The maximum absolute atomic E-state index is 12.1. The van der Waals surface area contributed by atoms with Gasteiger partial charge in [-0.05, 0) is 26.6 Å². The van der Waals surface area contributed by atoms with Gasteiger partial charge in [-0.2, -0.15) is 0 Å². The normalized spacial score (nSPS) is 12.4. The van der Waals surface area contributed by atoms with E-state index in [1.807, 2.05) is 21.1 Å². The second-order valence-corrected chi connectivity index (χ2v) is 5.52. The third-order valence-electron chi connectivity index (χ3n) is 3.48. The maximum atomic E-state index is 12.1. The molecule has 0 aliphatic carbocycles. The first-order valence-corrected chi connectivity index (χ1v) is 6.96. The summed E-state index contributed by atoms with van der Waals surface area (Å²) < 4.78 is 1.76. The Hall–Kier alpha value is -2.14. The molecule has 0 saturated heterocycles. The fourth-order valence-corrected chi connectivity index (χ4v) is 2.20. The van der Waals surface area contributed by atoms with E-state index in [1.165, 1.54) is 11.1 Å². The molecule has 2 rings (SSSR count). The van der Waals surface area contributed by atoms with E-state index in [9.17, 15) is 4.79 Å². The summed E-state index contributed by atoms with van der Waals surface area (Å²) in [6, 6.07) is 8.52. The fourth-order valence-electron chi connectivity index (χ4n) is 2.20. The molecular weight excluding hydrogens is 264 g/mol. The van der Waals surface area contributed by atoms with Crippen molar-refractivity contribution < 1.29 is 4.79 Å². The summed E-state index contributed by atoms with van der Waals surface area (Å²) in [6.07, 6.45) is 3.34. The van der Waals surface area contributed by atoms with Gasteiger partial charge in [0.25, 0.3) is 5.91 Å². The first-order valence-electron chi connectivity index (χ1n) is 6.96. The lowest BCUT2D eigenvalue weighted by molar-refractivity contribution is 0.0937. The number of benzene rings is 1. The van der Waals surface area contributed by atoms with Crippen molar-refractivity contribution >= 4 is 5.91 Å². The molecule has 5 nitrogen and oxygen atoms in total. The highest BCUT2D eigenvalue weighted by Crippen LogP contribution is 2.18. The minimum atomic E-state index is -0.144. The van der Waals surface area contributed by atoms with Gasteiger partial charge in [-0.15, -0.1) is 0 Å². The summed E-state index contributed by atoms with van der Waals surface area (Å²) in [5.41, 5.74) is 2.86. The number of hydrogen-bond donors (Lipinski definition) is 1.